The van der Waals surface area contributed by atoms with Crippen molar-refractivity contribution in [3.05, 3.63) is 35.6 Å². The molecule has 1 atom stereocenters. The van der Waals surface area contributed by atoms with Crippen LogP contribution >= 0.6 is 0 Å². The lowest BCUT2D eigenvalue weighted by molar-refractivity contribution is -0.162. The number of amides is 1. The Balaban J connectivity index is 2.07. The van der Waals surface area contributed by atoms with Crippen LogP contribution in [-0.2, 0) is 19.1 Å². The predicted octanol–water partition coefficient (Wildman–Crippen LogP) is 1.32. The van der Waals surface area contributed by atoms with Gasteiger partial charge in [0.15, 0.2) is 0 Å². The largest absolute Gasteiger partial charge is 0.447 e. The van der Waals surface area contributed by atoms with E-state index in [1.54, 1.807) is 0 Å². The molecular weight excluding hydrogens is 265 g/mol. The van der Waals surface area contributed by atoms with E-state index in [1.807, 2.05) is 0 Å². The number of hydrogen-bond acceptors (Lipinski definition) is 4. The third-order valence-electron chi connectivity index (χ3n) is 3.22. The van der Waals surface area contributed by atoms with Gasteiger partial charge in [0.05, 0.1) is 5.92 Å². The highest BCUT2D eigenvalue weighted by atomic mass is 19.1. The summed E-state index contributed by atoms with van der Waals surface area (Å²) in [5, 5.41) is 0. The van der Waals surface area contributed by atoms with E-state index in [9.17, 15) is 14.0 Å². The van der Waals surface area contributed by atoms with Gasteiger partial charge in [-0.15, -0.1) is 0 Å². The quantitative estimate of drug-likeness (QED) is 0.844. The lowest BCUT2D eigenvalue weighted by atomic mass is 10.0. The summed E-state index contributed by atoms with van der Waals surface area (Å²) in [4.78, 5) is 23.4. The first-order chi connectivity index (χ1) is 9.58. The van der Waals surface area contributed by atoms with E-state index in [1.165, 1.54) is 24.3 Å². The molecule has 1 aromatic carbocycles. The van der Waals surface area contributed by atoms with Gasteiger partial charge in [-0.25, -0.2) is 4.39 Å². The van der Waals surface area contributed by atoms with Gasteiger partial charge in [0.25, 0.3) is 5.91 Å². The summed E-state index contributed by atoms with van der Waals surface area (Å²) in [7, 11) is 0. The zero-order valence-corrected chi connectivity index (χ0v) is 10.9. The number of hydrogen-bond donors (Lipinski definition) is 1. The molecule has 2 N–H and O–H groups in total. The highest BCUT2D eigenvalue weighted by Gasteiger charge is 2.28. The number of benzene rings is 1. The molecule has 1 aliphatic rings. The third-order valence-corrected chi connectivity index (χ3v) is 3.22. The van der Waals surface area contributed by atoms with Crippen molar-refractivity contribution in [1.29, 1.82) is 0 Å². The Labute approximate surface area is 115 Å². The van der Waals surface area contributed by atoms with Crippen molar-refractivity contribution in [3.8, 4) is 0 Å². The molecule has 0 saturated carbocycles. The zero-order chi connectivity index (χ0) is 14.5. The van der Waals surface area contributed by atoms with E-state index in [2.05, 4.69) is 0 Å². The summed E-state index contributed by atoms with van der Waals surface area (Å²) >= 11 is 0. The number of nitrogens with two attached hydrogens (primary N) is 1. The van der Waals surface area contributed by atoms with Crippen LogP contribution in [0.3, 0.4) is 0 Å². The second kappa shape index (κ2) is 6.47. The summed E-state index contributed by atoms with van der Waals surface area (Å²) in [6, 6.07) is 5.13. The van der Waals surface area contributed by atoms with Gasteiger partial charge in [0.2, 0.25) is 6.10 Å². The fourth-order valence-corrected chi connectivity index (χ4v) is 2.07. The Bertz CT molecular complexity index is 482. The number of esters is 1. The van der Waals surface area contributed by atoms with E-state index in [4.69, 9.17) is 15.2 Å². The van der Waals surface area contributed by atoms with E-state index >= 15 is 0 Å². The number of ether oxygens (including phenoxy) is 2. The normalized spacial score (nSPS) is 17.4. The van der Waals surface area contributed by atoms with Crippen LogP contribution in [-0.4, -0.2) is 25.1 Å². The fraction of sp³-hybridized carbons (Fsp3) is 0.429. The van der Waals surface area contributed by atoms with Crippen LogP contribution < -0.4 is 5.73 Å². The lowest BCUT2D eigenvalue weighted by Crippen LogP contribution is -2.31. The Morgan fingerprint density at radius 2 is 1.85 bits per heavy atom. The summed E-state index contributed by atoms with van der Waals surface area (Å²) in [5.41, 5.74) is 5.61. The van der Waals surface area contributed by atoms with Crippen molar-refractivity contribution >= 4 is 11.9 Å². The van der Waals surface area contributed by atoms with Gasteiger partial charge < -0.3 is 15.2 Å². The molecule has 0 aromatic heterocycles. The molecular formula is C14H16FNO4. The SMILES string of the molecule is NC(=O)[C@H](OC(=O)C1CCOCC1)c1ccc(F)cc1. The highest BCUT2D eigenvalue weighted by Crippen LogP contribution is 2.23. The first-order valence-electron chi connectivity index (χ1n) is 6.41. The molecule has 0 bridgehead atoms. The number of halogens is 1. The Morgan fingerprint density at radius 3 is 2.40 bits per heavy atom. The Kier molecular flexibility index (Phi) is 4.68. The maximum absolute atomic E-state index is 12.9. The number of carbonyl (C=O) groups excluding carboxylic acids is 2. The van der Waals surface area contributed by atoms with Crippen molar-refractivity contribution in [1.82, 2.24) is 0 Å². The molecule has 1 heterocycles. The molecule has 5 nitrogen and oxygen atoms in total. The first-order valence-corrected chi connectivity index (χ1v) is 6.41. The molecule has 0 spiro atoms. The molecule has 6 heteroatoms. The maximum atomic E-state index is 12.9. The van der Waals surface area contributed by atoms with Gasteiger partial charge in [-0.3, -0.25) is 9.59 Å². The smallest absolute Gasteiger partial charge is 0.310 e. The third kappa shape index (κ3) is 3.54. The molecule has 1 fully saturated rings. The molecule has 0 unspecified atom stereocenters. The van der Waals surface area contributed by atoms with Gasteiger partial charge in [-0.1, -0.05) is 12.1 Å². The molecule has 2 rings (SSSR count). The summed E-state index contributed by atoms with van der Waals surface area (Å²) < 4.78 is 23.2. The monoisotopic (exact) mass is 281 g/mol. The van der Waals surface area contributed by atoms with Gasteiger partial charge in [0.1, 0.15) is 5.82 Å². The molecule has 108 valence electrons. The van der Waals surface area contributed by atoms with Crippen LogP contribution in [0.2, 0.25) is 0 Å². The summed E-state index contributed by atoms with van der Waals surface area (Å²) in [5.74, 6) is -1.97. The Hall–Kier alpha value is -1.95. The van der Waals surface area contributed by atoms with Crippen molar-refractivity contribution < 1.29 is 23.5 Å². The second-order valence-electron chi connectivity index (χ2n) is 4.66. The zero-order valence-electron chi connectivity index (χ0n) is 10.9. The van der Waals surface area contributed by atoms with Crippen LogP contribution in [0.25, 0.3) is 0 Å². The number of carbonyl (C=O) groups is 2. The molecule has 1 saturated heterocycles. The average molecular weight is 281 g/mol. The number of primary amides is 1. The van der Waals surface area contributed by atoms with Gasteiger partial charge in [-0.05, 0) is 25.0 Å². The minimum Gasteiger partial charge on any atom is -0.447 e. The van der Waals surface area contributed by atoms with Gasteiger partial charge >= 0.3 is 5.97 Å². The van der Waals surface area contributed by atoms with E-state index < -0.39 is 23.8 Å². The lowest BCUT2D eigenvalue weighted by Gasteiger charge is -2.23. The topological polar surface area (TPSA) is 78.6 Å². The standard InChI is InChI=1S/C14H16FNO4/c15-11-3-1-9(2-4-11)12(13(16)17)20-14(18)10-5-7-19-8-6-10/h1-4,10,12H,5-8H2,(H2,16,17)/t12-/m1/s1. The van der Waals surface area contributed by atoms with Crippen molar-refractivity contribution in [2.24, 2.45) is 11.7 Å². The molecule has 1 aromatic rings. The molecule has 0 aliphatic carbocycles. The van der Waals surface area contributed by atoms with Crippen LogP contribution in [0.1, 0.15) is 24.5 Å². The molecule has 1 aliphatic heterocycles. The first kappa shape index (κ1) is 14.5. The van der Waals surface area contributed by atoms with Crippen LogP contribution in [0.15, 0.2) is 24.3 Å². The predicted molar refractivity (Wildman–Crippen MR) is 68.0 cm³/mol. The van der Waals surface area contributed by atoms with Crippen LogP contribution in [0.5, 0.6) is 0 Å². The van der Waals surface area contributed by atoms with Crippen LogP contribution in [0, 0.1) is 11.7 Å². The average Bonchev–Trinajstić information content (AvgIpc) is 2.46. The molecule has 0 radical (unpaired) electrons. The van der Waals surface area contributed by atoms with Crippen molar-refractivity contribution in [2.45, 2.75) is 18.9 Å². The van der Waals surface area contributed by atoms with Crippen molar-refractivity contribution in [3.63, 3.8) is 0 Å². The maximum Gasteiger partial charge on any atom is 0.310 e. The van der Waals surface area contributed by atoms with Crippen molar-refractivity contribution in [2.75, 3.05) is 13.2 Å². The fourth-order valence-electron chi connectivity index (χ4n) is 2.07. The van der Waals surface area contributed by atoms with E-state index in [-0.39, 0.29) is 5.92 Å². The highest BCUT2D eigenvalue weighted by molar-refractivity contribution is 5.84. The van der Waals surface area contributed by atoms with Gasteiger partial charge in [-0.2, -0.15) is 0 Å². The van der Waals surface area contributed by atoms with E-state index in [0.29, 0.717) is 31.6 Å². The Morgan fingerprint density at radius 1 is 1.25 bits per heavy atom. The van der Waals surface area contributed by atoms with Gasteiger partial charge in [0, 0.05) is 18.8 Å². The van der Waals surface area contributed by atoms with Crippen LogP contribution in [0.4, 0.5) is 4.39 Å². The molecule has 1 amide bonds. The summed E-state index contributed by atoms with van der Waals surface area (Å²) in [6.07, 6.45) is -0.0625. The minimum atomic E-state index is -1.19. The second-order valence-corrected chi connectivity index (χ2v) is 4.66. The molecule has 20 heavy (non-hydrogen) atoms. The minimum absolute atomic E-state index is 0.286. The van der Waals surface area contributed by atoms with E-state index in [0.717, 1.165) is 0 Å². The number of rotatable bonds is 4. The summed E-state index contributed by atoms with van der Waals surface area (Å²) in [6.45, 7) is 0.995.